The van der Waals surface area contributed by atoms with Crippen LogP contribution in [0.4, 0.5) is 5.69 Å². The number of hydrogen-bond donors (Lipinski definition) is 4. The molecule has 0 aliphatic carbocycles. The minimum absolute atomic E-state index is 0.101. The normalized spacial score (nSPS) is 10.7. The molecule has 0 atom stereocenters. The topological polar surface area (TPSA) is 115 Å². The van der Waals surface area contributed by atoms with Crippen molar-refractivity contribution >= 4 is 51.2 Å². The molecular formula is C21H16IN3O4. The molecule has 0 aliphatic heterocycles. The highest BCUT2D eigenvalue weighted by atomic mass is 127. The Morgan fingerprint density at radius 1 is 1.24 bits per heavy atom. The molecule has 0 aliphatic rings. The standard InChI is InChI=1S/C21H16IN3O4/c1-2-3-19(27)24-17-7-4-12(8-18(17)26)10-23-11-16-15-9-13(22)5-6-14(15)20(28)25-21(16)29/h4-9,11,26H,10H2,1H3,(H,24,27)(H2,25,28,29). The van der Waals surface area contributed by atoms with Gasteiger partial charge in [-0.1, -0.05) is 12.0 Å². The molecule has 4 N–H and O–H groups in total. The number of benzene rings is 2. The Kier molecular flexibility index (Phi) is 6.19. The number of halogens is 1. The number of rotatable bonds is 4. The van der Waals surface area contributed by atoms with Gasteiger partial charge in [0.15, 0.2) is 0 Å². The fourth-order valence-electron chi connectivity index (χ4n) is 2.73. The van der Waals surface area contributed by atoms with E-state index in [0.717, 1.165) is 3.57 Å². The Hall–Kier alpha value is -3.32. The van der Waals surface area contributed by atoms with Crippen molar-refractivity contribution in [3.8, 4) is 23.5 Å². The van der Waals surface area contributed by atoms with Crippen molar-refractivity contribution < 1.29 is 15.0 Å². The van der Waals surface area contributed by atoms with E-state index in [9.17, 15) is 19.8 Å². The molecule has 1 heterocycles. The number of aromatic nitrogens is 1. The number of carbonyl (C=O) groups is 1. The zero-order valence-corrected chi connectivity index (χ0v) is 17.4. The number of amides is 1. The summed E-state index contributed by atoms with van der Waals surface area (Å²) in [5.41, 5.74) is 0.983. The molecule has 0 unspecified atom stereocenters. The number of fused-ring (bicyclic) bond motifs is 1. The van der Waals surface area contributed by atoms with Crippen molar-refractivity contribution in [3.05, 3.63) is 61.4 Å². The summed E-state index contributed by atoms with van der Waals surface area (Å²) in [7, 11) is 0. The maximum Gasteiger partial charge on any atom is 0.300 e. The summed E-state index contributed by atoms with van der Waals surface area (Å²) < 4.78 is 0.921. The van der Waals surface area contributed by atoms with Crippen molar-refractivity contribution in [2.24, 2.45) is 4.99 Å². The molecule has 3 aromatic rings. The second kappa shape index (κ2) is 8.79. The number of nitrogens with zero attached hydrogens (tertiary/aromatic N) is 1. The smallest absolute Gasteiger partial charge is 0.300 e. The third-order valence-corrected chi connectivity index (χ3v) is 4.72. The summed E-state index contributed by atoms with van der Waals surface area (Å²) >= 11 is 2.13. The van der Waals surface area contributed by atoms with Crippen LogP contribution in [0.2, 0.25) is 0 Å². The molecule has 2 aromatic carbocycles. The minimum atomic E-state index is -0.511. The van der Waals surface area contributed by atoms with Gasteiger partial charge in [-0.2, -0.15) is 0 Å². The summed E-state index contributed by atoms with van der Waals surface area (Å²) in [6.45, 7) is 1.77. The molecule has 1 aromatic heterocycles. The van der Waals surface area contributed by atoms with E-state index in [1.54, 1.807) is 31.2 Å². The predicted octanol–water partition coefficient (Wildman–Crippen LogP) is 3.12. The molecular weight excluding hydrogens is 485 g/mol. The van der Waals surface area contributed by atoms with Gasteiger partial charge in [0, 0.05) is 20.6 Å². The van der Waals surface area contributed by atoms with Crippen LogP contribution in [0, 0.1) is 15.4 Å². The first-order valence-corrected chi connectivity index (χ1v) is 9.57. The van der Waals surface area contributed by atoms with E-state index in [1.165, 1.54) is 12.3 Å². The largest absolute Gasteiger partial charge is 0.506 e. The lowest BCUT2D eigenvalue weighted by Gasteiger charge is -2.07. The van der Waals surface area contributed by atoms with Crippen LogP contribution >= 0.6 is 22.6 Å². The zero-order valence-electron chi connectivity index (χ0n) is 15.3. The first-order valence-electron chi connectivity index (χ1n) is 8.49. The number of anilines is 1. The van der Waals surface area contributed by atoms with Gasteiger partial charge in [-0.3, -0.25) is 19.6 Å². The number of hydrogen-bond acceptors (Lipinski definition) is 5. The van der Waals surface area contributed by atoms with Crippen LogP contribution in [0.15, 0.2) is 46.2 Å². The van der Waals surface area contributed by atoms with E-state index in [0.29, 0.717) is 21.9 Å². The van der Waals surface area contributed by atoms with Crippen LogP contribution < -0.4 is 10.9 Å². The molecule has 0 saturated carbocycles. The summed E-state index contributed by atoms with van der Waals surface area (Å²) in [6.07, 6.45) is 1.48. The van der Waals surface area contributed by atoms with Gasteiger partial charge in [0.25, 0.3) is 11.5 Å². The van der Waals surface area contributed by atoms with Gasteiger partial charge < -0.3 is 15.5 Å². The number of H-pyrrole nitrogens is 1. The molecule has 0 spiro atoms. The Morgan fingerprint density at radius 3 is 2.76 bits per heavy atom. The lowest BCUT2D eigenvalue weighted by molar-refractivity contribution is -0.111. The molecule has 0 saturated heterocycles. The third-order valence-electron chi connectivity index (χ3n) is 4.05. The summed E-state index contributed by atoms with van der Waals surface area (Å²) in [6, 6.07) is 10.1. The van der Waals surface area contributed by atoms with E-state index in [-0.39, 0.29) is 29.4 Å². The first-order chi connectivity index (χ1) is 13.9. The summed E-state index contributed by atoms with van der Waals surface area (Å²) in [4.78, 5) is 30.2. The Morgan fingerprint density at radius 2 is 2.03 bits per heavy atom. The molecule has 7 nitrogen and oxygen atoms in total. The van der Waals surface area contributed by atoms with Crippen LogP contribution in [0.3, 0.4) is 0 Å². The van der Waals surface area contributed by atoms with E-state index in [4.69, 9.17) is 0 Å². The number of pyridine rings is 1. The van der Waals surface area contributed by atoms with Gasteiger partial charge in [-0.25, -0.2) is 0 Å². The second-order valence-electron chi connectivity index (χ2n) is 6.06. The number of aliphatic imine (C=N–C) groups is 1. The molecule has 0 radical (unpaired) electrons. The van der Waals surface area contributed by atoms with E-state index in [1.807, 2.05) is 6.07 Å². The van der Waals surface area contributed by atoms with Crippen molar-refractivity contribution in [3.63, 3.8) is 0 Å². The summed E-state index contributed by atoms with van der Waals surface area (Å²) in [5, 5.41) is 23.8. The van der Waals surface area contributed by atoms with Gasteiger partial charge in [-0.05, 0) is 71.3 Å². The maximum atomic E-state index is 12.0. The number of aromatic amines is 1. The molecule has 3 rings (SSSR count). The molecule has 8 heteroatoms. The van der Waals surface area contributed by atoms with Crippen molar-refractivity contribution in [2.45, 2.75) is 13.5 Å². The maximum absolute atomic E-state index is 12.0. The van der Waals surface area contributed by atoms with Gasteiger partial charge in [0.05, 0.1) is 17.8 Å². The number of phenolic OH excluding ortho intramolecular Hbond substituents is 1. The number of aromatic hydroxyl groups is 2. The van der Waals surface area contributed by atoms with Crippen molar-refractivity contribution in [1.29, 1.82) is 0 Å². The van der Waals surface area contributed by atoms with E-state index in [2.05, 4.69) is 49.7 Å². The van der Waals surface area contributed by atoms with Gasteiger partial charge in [0.2, 0.25) is 5.88 Å². The highest BCUT2D eigenvalue weighted by Gasteiger charge is 2.10. The Labute approximate surface area is 179 Å². The lowest BCUT2D eigenvalue weighted by atomic mass is 10.1. The molecule has 146 valence electrons. The van der Waals surface area contributed by atoms with Crippen LogP contribution in [-0.4, -0.2) is 27.3 Å². The highest BCUT2D eigenvalue weighted by molar-refractivity contribution is 14.1. The van der Waals surface area contributed by atoms with Crippen LogP contribution in [-0.2, 0) is 11.3 Å². The molecule has 0 fully saturated rings. The fraction of sp³-hybridized carbons (Fsp3) is 0.0952. The van der Waals surface area contributed by atoms with E-state index >= 15 is 0 Å². The van der Waals surface area contributed by atoms with Gasteiger partial charge in [-0.15, -0.1) is 0 Å². The average molecular weight is 501 g/mol. The number of nitrogens with one attached hydrogen (secondary N) is 2. The third kappa shape index (κ3) is 4.75. The minimum Gasteiger partial charge on any atom is -0.506 e. The van der Waals surface area contributed by atoms with Crippen LogP contribution in [0.5, 0.6) is 11.6 Å². The first kappa shape index (κ1) is 20.4. The predicted molar refractivity (Wildman–Crippen MR) is 120 cm³/mol. The quantitative estimate of drug-likeness (QED) is 0.190. The lowest BCUT2D eigenvalue weighted by Crippen LogP contribution is -2.08. The Bertz CT molecular complexity index is 1250. The van der Waals surface area contributed by atoms with Gasteiger partial charge >= 0.3 is 0 Å². The van der Waals surface area contributed by atoms with Crippen molar-refractivity contribution in [2.75, 3.05) is 5.32 Å². The van der Waals surface area contributed by atoms with E-state index < -0.39 is 5.91 Å². The highest BCUT2D eigenvalue weighted by Crippen LogP contribution is 2.25. The average Bonchev–Trinajstić information content (AvgIpc) is 2.66. The molecule has 0 bridgehead atoms. The van der Waals surface area contributed by atoms with Crippen LogP contribution in [0.1, 0.15) is 18.1 Å². The van der Waals surface area contributed by atoms with Gasteiger partial charge in [0.1, 0.15) is 5.75 Å². The zero-order chi connectivity index (χ0) is 21.0. The number of carbonyl (C=O) groups excluding carboxylic acids is 1. The SMILES string of the molecule is CC#CC(=O)Nc1ccc(CN=Cc2c(O)[nH]c(=O)c3ccc(I)cc23)cc1O. The molecule has 29 heavy (non-hydrogen) atoms. The van der Waals surface area contributed by atoms with Crippen LogP contribution in [0.25, 0.3) is 10.8 Å². The monoisotopic (exact) mass is 501 g/mol. The Balaban J connectivity index is 1.84. The summed E-state index contributed by atoms with van der Waals surface area (Å²) in [5.74, 6) is 3.94. The fourth-order valence-corrected chi connectivity index (χ4v) is 3.22. The molecule has 1 amide bonds. The number of phenols is 1. The van der Waals surface area contributed by atoms with Crippen molar-refractivity contribution in [1.82, 2.24) is 4.98 Å². The second-order valence-corrected chi connectivity index (χ2v) is 7.30.